The van der Waals surface area contributed by atoms with Gasteiger partial charge in [0, 0.05) is 5.56 Å². The molecule has 6 heteroatoms. The Labute approximate surface area is 154 Å². The first-order chi connectivity index (χ1) is 12.8. The Bertz CT molecular complexity index is 905. The predicted octanol–water partition coefficient (Wildman–Crippen LogP) is 5.60. The minimum atomic E-state index is -2.53. The fourth-order valence-electron chi connectivity index (χ4n) is 2.03. The highest BCUT2D eigenvalue weighted by Crippen LogP contribution is 2.19. The van der Waals surface area contributed by atoms with Crippen LogP contribution in [0.1, 0.15) is 28.4 Å². The Kier molecular flexibility index (Phi) is 6.88. The average molecular weight is 372 g/mol. The highest BCUT2D eigenvalue weighted by Gasteiger charge is 2.07. The zero-order chi connectivity index (χ0) is 19.8. The summed E-state index contributed by atoms with van der Waals surface area (Å²) in [5, 5.41) is 0. The van der Waals surface area contributed by atoms with Crippen LogP contribution in [0.3, 0.4) is 0 Å². The topological polar surface area (TPSA) is 43.4 Å². The number of hydrogen-bond donors (Lipinski definition) is 0. The van der Waals surface area contributed by atoms with E-state index in [0.29, 0.717) is 11.1 Å². The van der Waals surface area contributed by atoms with Crippen LogP contribution < -0.4 is 4.74 Å². The number of Topliss-reactive ketones (excluding diaryl/α,β-unsaturated/α-hetero) is 1. The van der Waals surface area contributed by atoms with Crippen molar-refractivity contribution >= 4 is 23.7 Å². The van der Waals surface area contributed by atoms with E-state index < -0.39 is 12.1 Å². The SMILES string of the molecule is CC(=O)c1ccc(/C=C/C(=O)/C=C/c2ccc(OC(F)=C(F)F)cc2)cc1. The van der Waals surface area contributed by atoms with Gasteiger partial charge >= 0.3 is 12.1 Å². The summed E-state index contributed by atoms with van der Waals surface area (Å²) in [7, 11) is 0. The molecule has 0 spiro atoms. The van der Waals surface area contributed by atoms with Crippen molar-refractivity contribution in [3.05, 3.63) is 89.5 Å². The molecule has 0 saturated heterocycles. The summed E-state index contributed by atoms with van der Waals surface area (Å²) >= 11 is 0. The number of rotatable bonds is 7. The van der Waals surface area contributed by atoms with Crippen molar-refractivity contribution in [3.63, 3.8) is 0 Å². The van der Waals surface area contributed by atoms with Gasteiger partial charge in [-0.15, -0.1) is 0 Å². The van der Waals surface area contributed by atoms with Crippen molar-refractivity contribution in [1.82, 2.24) is 0 Å². The van der Waals surface area contributed by atoms with E-state index in [2.05, 4.69) is 4.74 Å². The molecule has 138 valence electrons. The predicted molar refractivity (Wildman–Crippen MR) is 96.9 cm³/mol. The van der Waals surface area contributed by atoms with Crippen molar-refractivity contribution in [2.24, 2.45) is 0 Å². The first-order valence-electron chi connectivity index (χ1n) is 7.85. The minimum absolute atomic E-state index is 0.0328. The molecule has 0 atom stereocenters. The molecule has 0 radical (unpaired) electrons. The number of ketones is 2. The van der Waals surface area contributed by atoms with Gasteiger partial charge in [-0.25, -0.2) is 0 Å². The Morgan fingerprint density at radius 2 is 1.30 bits per heavy atom. The summed E-state index contributed by atoms with van der Waals surface area (Å²) in [6.45, 7) is 1.48. The van der Waals surface area contributed by atoms with Crippen molar-refractivity contribution in [3.8, 4) is 5.75 Å². The van der Waals surface area contributed by atoms with Crippen LogP contribution >= 0.6 is 0 Å². The van der Waals surface area contributed by atoms with Crippen LogP contribution in [-0.2, 0) is 4.79 Å². The third-order valence-electron chi connectivity index (χ3n) is 3.43. The molecule has 0 N–H and O–H groups in total. The Hall–Kier alpha value is -3.41. The lowest BCUT2D eigenvalue weighted by Gasteiger charge is -2.01. The molecular formula is C21H15F3O3. The van der Waals surface area contributed by atoms with E-state index in [9.17, 15) is 22.8 Å². The van der Waals surface area contributed by atoms with Gasteiger partial charge in [0.2, 0.25) is 0 Å². The summed E-state index contributed by atoms with van der Waals surface area (Å²) in [5.74, 6) is -0.383. The fraction of sp³-hybridized carbons (Fsp3) is 0.0476. The number of benzene rings is 2. The van der Waals surface area contributed by atoms with Crippen LogP contribution in [0.2, 0.25) is 0 Å². The van der Waals surface area contributed by atoms with E-state index in [4.69, 9.17) is 0 Å². The monoisotopic (exact) mass is 372 g/mol. The second-order valence-corrected chi connectivity index (χ2v) is 5.45. The maximum Gasteiger partial charge on any atom is 0.344 e. The first-order valence-corrected chi connectivity index (χ1v) is 7.85. The maximum absolute atomic E-state index is 12.7. The summed E-state index contributed by atoms with van der Waals surface area (Å²) in [5.41, 5.74) is 1.98. The normalized spacial score (nSPS) is 11.0. The van der Waals surface area contributed by atoms with Crippen LogP contribution in [-0.4, -0.2) is 11.6 Å². The number of allylic oxidation sites excluding steroid dienone is 2. The number of hydrogen-bond acceptors (Lipinski definition) is 3. The van der Waals surface area contributed by atoms with Crippen LogP contribution in [0.5, 0.6) is 5.75 Å². The quantitative estimate of drug-likeness (QED) is 0.361. The largest absolute Gasteiger partial charge is 0.428 e. The average Bonchev–Trinajstić information content (AvgIpc) is 2.66. The summed E-state index contributed by atoms with van der Waals surface area (Å²) in [6.07, 6.45) is 3.32. The van der Waals surface area contributed by atoms with Gasteiger partial charge in [-0.2, -0.15) is 13.2 Å². The molecule has 0 bridgehead atoms. The van der Waals surface area contributed by atoms with E-state index >= 15 is 0 Å². The van der Waals surface area contributed by atoms with Crippen molar-refractivity contribution < 1.29 is 27.5 Å². The van der Waals surface area contributed by atoms with Crippen molar-refractivity contribution in [2.45, 2.75) is 6.92 Å². The Balaban J connectivity index is 1.95. The lowest BCUT2D eigenvalue weighted by molar-refractivity contribution is -0.110. The molecule has 0 fully saturated rings. The summed E-state index contributed by atoms with van der Waals surface area (Å²) in [4.78, 5) is 23.1. The lowest BCUT2D eigenvalue weighted by atomic mass is 10.1. The van der Waals surface area contributed by atoms with E-state index in [0.717, 1.165) is 5.56 Å². The smallest absolute Gasteiger partial charge is 0.344 e. The van der Waals surface area contributed by atoms with Gasteiger partial charge in [-0.1, -0.05) is 48.6 Å². The van der Waals surface area contributed by atoms with Gasteiger partial charge in [0.1, 0.15) is 5.75 Å². The summed E-state index contributed by atoms with van der Waals surface area (Å²) in [6, 6.07) is 10.5. The number of carbonyl (C=O) groups is 2. The highest BCUT2D eigenvalue weighted by molar-refractivity contribution is 6.04. The molecule has 0 amide bonds. The van der Waals surface area contributed by atoms with Gasteiger partial charge in [0.05, 0.1) is 0 Å². The van der Waals surface area contributed by atoms with Crippen molar-refractivity contribution in [1.29, 1.82) is 0 Å². The minimum Gasteiger partial charge on any atom is -0.428 e. The first kappa shape index (κ1) is 19.9. The molecule has 0 aromatic heterocycles. The van der Waals surface area contributed by atoms with Gasteiger partial charge in [-0.05, 0) is 42.3 Å². The fourth-order valence-corrected chi connectivity index (χ4v) is 2.03. The Morgan fingerprint density at radius 3 is 1.74 bits per heavy atom. The second kappa shape index (κ2) is 9.33. The molecule has 0 aliphatic heterocycles. The molecule has 2 aromatic rings. The van der Waals surface area contributed by atoms with E-state index in [1.165, 1.54) is 49.4 Å². The van der Waals surface area contributed by atoms with Gasteiger partial charge in [0.15, 0.2) is 11.6 Å². The highest BCUT2D eigenvalue weighted by atomic mass is 19.3. The van der Waals surface area contributed by atoms with Crippen molar-refractivity contribution in [2.75, 3.05) is 0 Å². The van der Waals surface area contributed by atoms with Crippen LogP contribution in [0.4, 0.5) is 13.2 Å². The van der Waals surface area contributed by atoms with Crippen LogP contribution in [0, 0.1) is 0 Å². The molecule has 27 heavy (non-hydrogen) atoms. The number of carbonyl (C=O) groups excluding carboxylic acids is 2. The molecule has 0 heterocycles. The third-order valence-corrected chi connectivity index (χ3v) is 3.43. The molecular weight excluding hydrogens is 357 g/mol. The molecule has 3 nitrogen and oxygen atoms in total. The molecule has 0 saturated carbocycles. The third kappa shape index (κ3) is 6.43. The number of ether oxygens (including phenoxy) is 1. The van der Waals surface area contributed by atoms with Gasteiger partial charge in [-0.3, -0.25) is 9.59 Å². The van der Waals surface area contributed by atoms with Crippen LogP contribution in [0.15, 0.2) is 72.8 Å². The number of halogens is 3. The molecule has 0 aliphatic carbocycles. The van der Waals surface area contributed by atoms with E-state index in [1.807, 2.05) is 0 Å². The summed E-state index contributed by atoms with van der Waals surface area (Å²) < 4.78 is 40.9. The molecule has 2 aromatic carbocycles. The van der Waals surface area contributed by atoms with Crippen LogP contribution in [0.25, 0.3) is 12.2 Å². The lowest BCUT2D eigenvalue weighted by Crippen LogP contribution is -1.91. The molecule has 2 rings (SSSR count). The molecule has 0 unspecified atom stereocenters. The van der Waals surface area contributed by atoms with E-state index in [-0.39, 0.29) is 17.3 Å². The maximum atomic E-state index is 12.7. The second-order valence-electron chi connectivity index (χ2n) is 5.45. The van der Waals surface area contributed by atoms with E-state index in [1.54, 1.807) is 30.3 Å². The standard InChI is InChI=1S/C21H15F3O3/c1-14(25)17-8-2-15(3-9-17)4-10-18(26)11-5-16-6-12-19(13-7-16)27-21(24)20(22)23/h2-13H,1H3/b10-4+,11-5+. The molecule has 0 aliphatic rings. The van der Waals surface area contributed by atoms with Gasteiger partial charge in [0.25, 0.3) is 0 Å². The van der Waals surface area contributed by atoms with Gasteiger partial charge < -0.3 is 4.74 Å². The zero-order valence-electron chi connectivity index (χ0n) is 14.3. The zero-order valence-corrected chi connectivity index (χ0v) is 14.3. The Morgan fingerprint density at radius 1 is 0.815 bits per heavy atom.